The zero-order valence-electron chi connectivity index (χ0n) is 10.5. The Morgan fingerprint density at radius 2 is 2.11 bits per heavy atom. The van der Waals surface area contributed by atoms with Crippen LogP contribution in [0.3, 0.4) is 0 Å². The predicted molar refractivity (Wildman–Crippen MR) is 69.0 cm³/mol. The summed E-state index contributed by atoms with van der Waals surface area (Å²) in [5, 5.41) is 14.0. The molecule has 0 saturated carbocycles. The van der Waals surface area contributed by atoms with E-state index < -0.39 is 0 Å². The van der Waals surface area contributed by atoms with E-state index in [1.165, 1.54) is 0 Å². The van der Waals surface area contributed by atoms with E-state index >= 15 is 0 Å². The lowest BCUT2D eigenvalue weighted by Crippen LogP contribution is -2.29. The van der Waals surface area contributed by atoms with E-state index in [-0.39, 0.29) is 11.4 Å². The van der Waals surface area contributed by atoms with Crippen LogP contribution in [0.25, 0.3) is 11.0 Å². The molecule has 4 heteroatoms. The molecule has 2 heterocycles. The van der Waals surface area contributed by atoms with Crippen LogP contribution in [0.15, 0.2) is 15.3 Å². The van der Waals surface area contributed by atoms with Gasteiger partial charge in [-0.25, -0.2) is 4.79 Å². The van der Waals surface area contributed by atoms with E-state index in [2.05, 4.69) is 5.32 Å². The van der Waals surface area contributed by atoms with Crippen LogP contribution in [-0.4, -0.2) is 11.7 Å². The second-order valence-electron chi connectivity index (χ2n) is 4.82. The summed E-state index contributed by atoms with van der Waals surface area (Å²) in [7, 11) is 0. The van der Waals surface area contributed by atoms with Gasteiger partial charge in [0.2, 0.25) is 0 Å². The van der Waals surface area contributed by atoms with Gasteiger partial charge in [-0.15, -0.1) is 0 Å². The van der Waals surface area contributed by atoms with E-state index in [9.17, 15) is 9.90 Å². The van der Waals surface area contributed by atoms with Crippen LogP contribution < -0.4 is 10.9 Å². The summed E-state index contributed by atoms with van der Waals surface area (Å²) < 4.78 is 5.40. The molecule has 0 aliphatic carbocycles. The van der Waals surface area contributed by atoms with Gasteiger partial charge < -0.3 is 14.8 Å². The highest BCUT2D eigenvalue weighted by Crippen LogP contribution is 2.32. The molecule has 0 spiro atoms. The minimum Gasteiger partial charge on any atom is -0.508 e. The zero-order chi connectivity index (χ0) is 12.9. The second-order valence-corrected chi connectivity index (χ2v) is 4.82. The normalized spacial score (nSPS) is 14.8. The van der Waals surface area contributed by atoms with Crippen LogP contribution in [0.4, 0.5) is 0 Å². The molecular weight excluding hydrogens is 230 g/mol. The van der Waals surface area contributed by atoms with Gasteiger partial charge in [-0.2, -0.15) is 0 Å². The summed E-state index contributed by atoms with van der Waals surface area (Å²) in [4.78, 5) is 12.0. The fourth-order valence-corrected chi connectivity index (χ4v) is 2.68. The Morgan fingerprint density at radius 1 is 1.33 bits per heavy atom. The molecule has 1 aromatic heterocycles. The molecule has 0 amide bonds. The average molecular weight is 245 g/mol. The van der Waals surface area contributed by atoms with Crippen molar-refractivity contribution in [1.82, 2.24) is 5.32 Å². The number of phenols is 1. The second kappa shape index (κ2) is 3.85. The lowest BCUT2D eigenvalue weighted by Gasteiger charge is -2.19. The standard InChI is InChI=1S/C14H15NO3/c1-7-5-11(16)8(2)13-12(7)9-3-4-15-6-10(9)14(17)18-13/h5,15-16H,3-4,6H2,1-2H3. The summed E-state index contributed by atoms with van der Waals surface area (Å²) in [6, 6.07) is 1.74. The Hall–Kier alpha value is -1.81. The zero-order valence-corrected chi connectivity index (χ0v) is 10.5. The van der Waals surface area contributed by atoms with Crippen LogP contribution in [0.1, 0.15) is 22.3 Å². The highest BCUT2D eigenvalue weighted by molar-refractivity contribution is 5.89. The lowest BCUT2D eigenvalue weighted by atomic mass is 9.94. The molecule has 0 bridgehead atoms. The molecule has 2 aromatic rings. The number of aromatic hydroxyl groups is 1. The van der Waals surface area contributed by atoms with Gasteiger partial charge >= 0.3 is 5.63 Å². The third kappa shape index (κ3) is 1.46. The summed E-state index contributed by atoms with van der Waals surface area (Å²) >= 11 is 0. The third-order valence-electron chi connectivity index (χ3n) is 3.66. The number of benzene rings is 1. The topological polar surface area (TPSA) is 62.5 Å². The van der Waals surface area contributed by atoms with Gasteiger partial charge in [-0.3, -0.25) is 0 Å². The molecule has 0 saturated heterocycles. The van der Waals surface area contributed by atoms with Crippen molar-refractivity contribution < 1.29 is 9.52 Å². The number of fused-ring (bicyclic) bond motifs is 3. The van der Waals surface area contributed by atoms with Gasteiger partial charge in [0, 0.05) is 17.5 Å². The predicted octanol–water partition coefficient (Wildman–Crippen LogP) is 1.76. The first kappa shape index (κ1) is 11.3. The summed E-state index contributed by atoms with van der Waals surface area (Å²) in [6.07, 6.45) is 0.822. The van der Waals surface area contributed by atoms with E-state index in [0.29, 0.717) is 17.7 Å². The molecule has 2 N–H and O–H groups in total. The summed E-state index contributed by atoms with van der Waals surface area (Å²) in [5.41, 5.74) is 3.61. The third-order valence-corrected chi connectivity index (χ3v) is 3.66. The fraction of sp³-hybridized carbons (Fsp3) is 0.357. The maximum absolute atomic E-state index is 12.0. The molecule has 1 aliphatic heterocycles. The van der Waals surface area contributed by atoms with Gasteiger partial charge in [-0.05, 0) is 44.0 Å². The number of hydrogen-bond donors (Lipinski definition) is 2. The molecule has 0 unspecified atom stereocenters. The van der Waals surface area contributed by atoms with Crippen molar-refractivity contribution in [3.05, 3.63) is 38.7 Å². The van der Waals surface area contributed by atoms with Crippen LogP contribution in [0, 0.1) is 13.8 Å². The molecule has 94 valence electrons. The Kier molecular flexibility index (Phi) is 2.41. The Balaban J connectivity index is 2.52. The molecule has 0 fully saturated rings. The van der Waals surface area contributed by atoms with Crippen LogP contribution in [0.2, 0.25) is 0 Å². The first-order chi connectivity index (χ1) is 8.59. The van der Waals surface area contributed by atoms with E-state index in [0.717, 1.165) is 35.0 Å². The SMILES string of the molecule is Cc1c(O)cc(C)c2c3c(c(=O)oc12)CNCC3. The monoisotopic (exact) mass is 245 g/mol. The fourth-order valence-electron chi connectivity index (χ4n) is 2.68. The number of hydrogen-bond acceptors (Lipinski definition) is 4. The Labute approximate surface area is 104 Å². The maximum atomic E-state index is 12.0. The molecule has 0 atom stereocenters. The van der Waals surface area contributed by atoms with Crippen molar-refractivity contribution in [3.63, 3.8) is 0 Å². The first-order valence-corrected chi connectivity index (χ1v) is 6.08. The summed E-state index contributed by atoms with van der Waals surface area (Å²) in [6.45, 7) is 5.13. The number of aryl methyl sites for hydroxylation is 2. The van der Waals surface area contributed by atoms with Crippen LogP contribution in [-0.2, 0) is 13.0 Å². The van der Waals surface area contributed by atoms with Gasteiger partial charge in [0.1, 0.15) is 11.3 Å². The Morgan fingerprint density at radius 3 is 2.89 bits per heavy atom. The van der Waals surface area contributed by atoms with Crippen molar-refractivity contribution in [2.75, 3.05) is 6.54 Å². The number of nitrogens with one attached hydrogen (secondary N) is 1. The molecule has 1 aromatic carbocycles. The molecule has 4 nitrogen and oxygen atoms in total. The van der Waals surface area contributed by atoms with Gasteiger partial charge in [0.25, 0.3) is 0 Å². The molecule has 0 radical (unpaired) electrons. The van der Waals surface area contributed by atoms with Gasteiger partial charge in [0.15, 0.2) is 0 Å². The van der Waals surface area contributed by atoms with Crippen molar-refractivity contribution >= 4 is 11.0 Å². The van der Waals surface area contributed by atoms with Gasteiger partial charge in [0.05, 0.1) is 5.56 Å². The van der Waals surface area contributed by atoms with E-state index in [4.69, 9.17) is 4.42 Å². The summed E-state index contributed by atoms with van der Waals surface area (Å²) in [5.74, 6) is 0.178. The molecule has 1 aliphatic rings. The average Bonchev–Trinajstić information content (AvgIpc) is 2.36. The minimum atomic E-state index is -0.294. The number of rotatable bonds is 0. The van der Waals surface area contributed by atoms with Crippen LogP contribution in [0.5, 0.6) is 5.75 Å². The van der Waals surface area contributed by atoms with Crippen molar-refractivity contribution in [1.29, 1.82) is 0 Å². The Bertz CT molecular complexity index is 700. The molecule has 18 heavy (non-hydrogen) atoms. The minimum absolute atomic E-state index is 0.178. The van der Waals surface area contributed by atoms with Crippen molar-refractivity contribution in [3.8, 4) is 5.75 Å². The van der Waals surface area contributed by atoms with E-state index in [1.54, 1.807) is 13.0 Å². The molecular formula is C14H15NO3. The highest BCUT2D eigenvalue weighted by Gasteiger charge is 2.20. The first-order valence-electron chi connectivity index (χ1n) is 6.08. The van der Waals surface area contributed by atoms with Crippen molar-refractivity contribution in [2.45, 2.75) is 26.8 Å². The highest BCUT2D eigenvalue weighted by atomic mass is 16.4. The van der Waals surface area contributed by atoms with Crippen LogP contribution >= 0.6 is 0 Å². The van der Waals surface area contributed by atoms with Gasteiger partial charge in [-0.1, -0.05) is 0 Å². The smallest absolute Gasteiger partial charge is 0.341 e. The largest absolute Gasteiger partial charge is 0.508 e. The maximum Gasteiger partial charge on any atom is 0.341 e. The number of phenolic OH excluding ortho intramolecular Hbond substituents is 1. The lowest BCUT2D eigenvalue weighted by molar-refractivity contribution is 0.466. The quantitative estimate of drug-likeness (QED) is 0.694. The van der Waals surface area contributed by atoms with E-state index in [1.807, 2.05) is 6.92 Å². The molecule has 3 rings (SSSR count). The van der Waals surface area contributed by atoms with Crippen molar-refractivity contribution in [2.24, 2.45) is 0 Å².